The summed E-state index contributed by atoms with van der Waals surface area (Å²) >= 11 is 3.46. The minimum Gasteiger partial charge on any atom is -1.00 e. The van der Waals surface area contributed by atoms with Gasteiger partial charge in [0.15, 0.2) is 0 Å². The van der Waals surface area contributed by atoms with E-state index >= 15 is 0 Å². The van der Waals surface area contributed by atoms with Crippen molar-refractivity contribution in [1.29, 1.82) is 0 Å². The quantitative estimate of drug-likeness (QED) is 0.121. The van der Waals surface area contributed by atoms with Gasteiger partial charge in [0.1, 0.15) is 18.0 Å². The first kappa shape index (κ1) is 35.9. The Morgan fingerprint density at radius 3 is 1.79 bits per heavy atom. The average molecular weight is 672 g/mol. The predicted molar refractivity (Wildman–Crippen MR) is 165 cm³/mol. The second kappa shape index (κ2) is 17.7. The van der Waals surface area contributed by atoms with Crippen LogP contribution < -0.4 is 26.5 Å². The van der Waals surface area contributed by atoms with Crippen molar-refractivity contribution in [2.24, 2.45) is 5.41 Å². The van der Waals surface area contributed by atoms with Crippen molar-refractivity contribution in [3.05, 3.63) is 59.7 Å². The fraction of sp³-hybridized carbons (Fsp3) is 0.636. The Kier molecular flexibility index (Phi) is 16.3. The minimum absolute atomic E-state index is 0. The molecule has 4 nitrogen and oxygen atoms in total. The zero-order chi connectivity index (χ0) is 28.1. The zero-order valence-corrected chi connectivity index (χ0v) is 28.7. The lowest BCUT2D eigenvalue weighted by Crippen LogP contribution is -3.00. The number of rotatable bonds is 18. The Hall–Kier alpha value is -1.08. The van der Waals surface area contributed by atoms with E-state index in [1.165, 1.54) is 11.1 Å². The van der Waals surface area contributed by atoms with Crippen LogP contribution in [0.15, 0.2) is 48.5 Å². The van der Waals surface area contributed by atoms with Crippen molar-refractivity contribution in [2.45, 2.75) is 78.7 Å². The SMILES string of the molecule is CC(C)(C)CC(C)(C)c1ccc(OCCCOCCC[N+](C)(C)Cc2ccc(OCCCCBr)cc2)cc1.[Br-]. The first-order chi connectivity index (χ1) is 17.9. The Balaban J connectivity index is 0.00000760. The smallest absolute Gasteiger partial charge is 0.119 e. The van der Waals surface area contributed by atoms with Crippen LogP contribution >= 0.6 is 15.9 Å². The Bertz CT molecular complexity index is 906. The van der Waals surface area contributed by atoms with Gasteiger partial charge in [0, 0.05) is 30.3 Å². The molecule has 6 heteroatoms. The number of nitrogens with zero attached hydrogens (tertiary/aromatic N) is 1. The number of ether oxygens (including phenoxy) is 3. The molecule has 0 aliphatic rings. The average Bonchev–Trinajstić information content (AvgIpc) is 2.83. The first-order valence-corrected chi connectivity index (χ1v) is 15.4. The molecular weight excluding hydrogens is 618 g/mol. The van der Waals surface area contributed by atoms with E-state index in [-0.39, 0.29) is 22.4 Å². The van der Waals surface area contributed by atoms with Crippen LogP contribution in [-0.2, 0) is 16.7 Å². The van der Waals surface area contributed by atoms with Gasteiger partial charge in [-0.25, -0.2) is 0 Å². The lowest BCUT2D eigenvalue weighted by molar-refractivity contribution is -0.903. The Labute approximate surface area is 258 Å². The summed E-state index contributed by atoms with van der Waals surface area (Å²) < 4.78 is 18.6. The van der Waals surface area contributed by atoms with E-state index in [1.807, 2.05) is 0 Å². The summed E-state index contributed by atoms with van der Waals surface area (Å²) in [5, 5.41) is 1.04. The van der Waals surface area contributed by atoms with Gasteiger partial charge in [0.05, 0.1) is 40.5 Å². The Morgan fingerprint density at radius 2 is 1.23 bits per heavy atom. The molecule has 0 aliphatic heterocycles. The van der Waals surface area contributed by atoms with E-state index in [2.05, 4.69) is 113 Å². The van der Waals surface area contributed by atoms with Crippen LogP contribution in [0.4, 0.5) is 0 Å². The number of alkyl halides is 1. The molecule has 0 spiro atoms. The molecule has 39 heavy (non-hydrogen) atoms. The fourth-order valence-electron chi connectivity index (χ4n) is 5.13. The lowest BCUT2D eigenvalue weighted by atomic mass is 9.72. The molecule has 2 aromatic carbocycles. The van der Waals surface area contributed by atoms with Crippen molar-refractivity contribution in [2.75, 3.05) is 52.4 Å². The van der Waals surface area contributed by atoms with Crippen molar-refractivity contribution in [1.82, 2.24) is 0 Å². The van der Waals surface area contributed by atoms with Gasteiger partial charge in [-0.05, 0) is 72.1 Å². The fourth-order valence-corrected chi connectivity index (χ4v) is 5.53. The molecular formula is C33H53Br2NO3. The minimum atomic E-state index is 0. The summed E-state index contributed by atoms with van der Waals surface area (Å²) in [6, 6.07) is 17.2. The number of quaternary nitrogens is 1. The van der Waals surface area contributed by atoms with Crippen LogP contribution in [-0.4, -0.2) is 56.9 Å². The van der Waals surface area contributed by atoms with Gasteiger partial charge >= 0.3 is 0 Å². The van der Waals surface area contributed by atoms with E-state index in [0.29, 0.717) is 12.0 Å². The number of unbranched alkanes of at least 4 members (excludes halogenated alkanes) is 1. The normalized spacial score (nSPS) is 12.2. The third kappa shape index (κ3) is 15.5. The van der Waals surface area contributed by atoms with Crippen LogP contribution in [0.5, 0.6) is 11.5 Å². The second-order valence-electron chi connectivity index (χ2n) is 13.0. The summed E-state index contributed by atoms with van der Waals surface area (Å²) in [6.45, 7) is 16.6. The molecule has 0 amide bonds. The molecule has 0 aromatic heterocycles. The van der Waals surface area contributed by atoms with Crippen molar-refractivity contribution in [3.8, 4) is 11.5 Å². The third-order valence-corrected chi connectivity index (χ3v) is 7.25. The van der Waals surface area contributed by atoms with Gasteiger partial charge < -0.3 is 35.7 Å². The maximum absolute atomic E-state index is 5.95. The molecule has 222 valence electrons. The highest BCUT2D eigenvalue weighted by Gasteiger charge is 2.27. The standard InChI is InChI=1S/C33H53BrNO3.BrH/c1-32(2,3)27-33(4,5)29-14-18-31(19-15-29)38-25-11-23-36-22-10-21-35(6,7)26-28-12-16-30(17-13-28)37-24-9-8-20-34;/h12-19H,8-11,20-27H2,1-7H3;1H/q+1;/p-1. The topological polar surface area (TPSA) is 27.7 Å². The maximum atomic E-state index is 5.95. The van der Waals surface area contributed by atoms with Crippen molar-refractivity contribution in [3.63, 3.8) is 0 Å². The maximum Gasteiger partial charge on any atom is 0.119 e. The number of hydrogen-bond donors (Lipinski definition) is 0. The number of benzene rings is 2. The molecule has 0 saturated heterocycles. The molecule has 0 saturated carbocycles. The molecule has 0 radical (unpaired) electrons. The highest BCUT2D eigenvalue weighted by molar-refractivity contribution is 9.09. The summed E-state index contributed by atoms with van der Waals surface area (Å²) in [5.74, 6) is 1.90. The van der Waals surface area contributed by atoms with Gasteiger partial charge in [-0.3, -0.25) is 0 Å². The van der Waals surface area contributed by atoms with Crippen LogP contribution in [0.3, 0.4) is 0 Å². The van der Waals surface area contributed by atoms with E-state index in [0.717, 1.165) is 86.3 Å². The molecule has 0 unspecified atom stereocenters. The monoisotopic (exact) mass is 669 g/mol. The van der Waals surface area contributed by atoms with Crippen LogP contribution in [0.1, 0.15) is 77.8 Å². The highest BCUT2D eigenvalue weighted by atomic mass is 79.9. The Morgan fingerprint density at radius 1 is 0.692 bits per heavy atom. The van der Waals surface area contributed by atoms with E-state index < -0.39 is 0 Å². The molecule has 0 N–H and O–H groups in total. The van der Waals surface area contributed by atoms with Crippen molar-refractivity contribution < 1.29 is 35.7 Å². The molecule has 2 aromatic rings. The number of halogens is 2. The summed E-state index contributed by atoms with van der Waals surface area (Å²) in [4.78, 5) is 0. The van der Waals surface area contributed by atoms with E-state index in [1.54, 1.807) is 0 Å². The second-order valence-corrected chi connectivity index (χ2v) is 13.8. The van der Waals surface area contributed by atoms with E-state index in [9.17, 15) is 0 Å². The molecule has 0 heterocycles. The largest absolute Gasteiger partial charge is 1.00 e. The van der Waals surface area contributed by atoms with Crippen LogP contribution in [0, 0.1) is 5.41 Å². The molecule has 2 rings (SSSR count). The summed E-state index contributed by atoms with van der Waals surface area (Å²) in [7, 11) is 4.57. The van der Waals surface area contributed by atoms with E-state index in [4.69, 9.17) is 14.2 Å². The first-order valence-electron chi connectivity index (χ1n) is 14.3. The zero-order valence-electron chi connectivity index (χ0n) is 25.5. The number of hydrogen-bond acceptors (Lipinski definition) is 3. The summed E-state index contributed by atoms with van der Waals surface area (Å²) in [6.07, 6.45) is 5.33. The molecule has 0 aliphatic carbocycles. The van der Waals surface area contributed by atoms with Crippen molar-refractivity contribution >= 4 is 15.9 Å². The highest BCUT2D eigenvalue weighted by Crippen LogP contribution is 2.36. The molecule has 0 atom stereocenters. The third-order valence-electron chi connectivity index (χ3n) is 6.69. The van der Waals surface area contributed by atoms with Gasteiger partial charge in [-0.15, -0.1) is 0 Å². The van der Waals surface area contributed by atoms with Gasteiger partial charge in [-0.1, -0.05) is 62.7 Å². The van der Waals surface area contributed by atoms with Crippen LogP contribution in [0.2, 0.25) is 0 Å². The van der Waals surface area contributed by atoms with Crippen LogP contribution in [0.25, 0.3) is 0 Å². The van der Waals surface area contributed by atoms with Gasteiger partial charge in [0.25, 0.3) is 0 Å². The van der Waals surface area contributed by atoms with Gasteiger partial charge in [0.2, 0.25) is 0 Å². The van der Waals surface area contributed by atoms with Gasteiger partial charge in [-0.2, -0.15) is 0 Å². The summed E-state index contributed by atoms with van der Waals surface area (Å²) in [5.41, 5.74) is 3.17. The molecule has 0 fully saturated rings. The predicted octanol–water partition coefficient (Wildman–Crippen LogP) is 5.41. The molecule has 0 bridgehead atoms. The lowest BCUT2D eigenvalue weighted by Gasteiger charge is -2.33.